The fraction of sp³-hybridized carbons (Fsp3) is 0.400. The minimum atomic E-state index is -0.520. The number of carbonyl (C=O) groups is 1. The minimum Gasteiger partial charge on any atom is -0.351 e. The number of carbonyl (C=O) groups excluding carboxylic acids is 1. The summed E-state index contributed by atoms with van der Waals surface area (Å²) in [5.74, 6) is -0.699. The quantitative estimate of drug-likeness (QED) is 0.821. The van der Waals surface area contributed by atoms with Crippen LogP contribution in [0.3, 0.4) is 0 Å². The van der Waals surface area contributed by atoms with E-state index in [1.54, 1.807) is 11.3 Å². The number of hydrogen-bond donors (Lipinski definition) is 1. The zero-order valence-electron chi connectivity index (χ0n) is 7.99. The van der Waals surface area contributed by atoms with Gasteiger partial charge in [-0.1, -0.05) is 6.92 Å². The molecule has 0 aliphatic rings. The lowest BCUT2D eigenvalue weighted by atomic mass is 10.1. The second-order valence-corrected chi connectivity index (χ2v) is 3.72. The topological polar surface area (TPSA) is 52.9 Å². The molecular weight excluding hydrogens is 196 g/mol. The van der Waals surface area contributed by atoms with Crippen molar-refractivity contribution in [3.8, 4) is 6.07 Å². The van der Waals surface area contributed by atoms with Crippen molar-refractivity contribution in [2.24, 2.45) is 5.92 Å². The lowest BCUT2D eigenvalue weighted by Crippen LogP contribution is -2.28. The Morgan fingerprint density at radius 2 is 2.57 bits per heavy atom. The Morgan fingerprint density at radius 3 is 3.07 bits per heavy atom. The van der Waals surface area contributed by atoms with Crippen molar-refractivity contribution in [3.05, 3.63) is 22.4 Å². The Labute approximate surface area is 87.4 Å². The van der Waals surface area contributed by atoms with Crippen LogP contribution in [-0.2, 0) is 11.3 Å². The summed E-state index contributed by atoms with van der Waals surface area (Å²) in [7, 11) is 0. The zero-order chi connectivity index (χ0) is 10.4. The third kappa shape index (κ3) is 2.86. The van der Waals surface area contributed by atoms with Crippen molar-refractivity contribution in [3.63, 3.8) is 0 Å². The Hall–Kier alpha value is -1.34. The van der Waals surface area contributed by atoms with Gasteiger partial charge in [0.15, 0.2) is 0 Å². The molecule has 1 aromatic heterocycles. The van der Waals surface area contributed by atoms with Crippen molar-refractivity contribution < 1.29 is 4.79 Å². The van der Waals surface area contributed by atoms with E-state index in [-0.39, 0.29) is 5.91 Å². The summed E-state index contributed by atoms with van der Waals surface area (Å²) in [6.07, 6.45) is 0.561. The molecule has 4 heteroatoms. The van der Waals surface area contributed by atoms with E-state index >= 15 is 0 Å². The van der Waals surface area contributed by atoms with E-state index in [9.17, 15) is 4.79 Å². The SMILES string of the molecule is CCC(C#N)C(=O)NCc1ccsc1. The molecule has 0 aliphatic heterocycles. The van der Waals surface area contributed by atoms with E-state index in [1.807, 2.05) is 29.8 Å². The highest BCUT2D eigenvalue weighted by Crippen LogP contribution is 2.06. The molecular formula is C10H12N2OS. The molecule has 1 unspecified atom stereocenters. The first-order valence-corrected chi connectivity index (χ1v) is 5.40. The normalized spacial score (nSPS) is 11.7. The molecule has 0 aromatic carbocycles. The second-order valence-electron chi connectivity index (χ2n) is 2.94. The van der Waals surface area contributed by atoms with Gasteiger partial charge in [-0.3, -0.25) is 4.79 Å². The van der Waals surface area contributed by atoms with Crippen molar-refractivity contribution in [2.75, 3.05) is 0 Å². The fourth-order valence-corrected chi connectivity index (χ4v) is 1.71. The van der Waals surface area contributed by atoms with Gasteiger partial charge in [-0.15, -0.1) is 0 Å². The minimum absolute atomic E-state index is 0.179. The highest BCUT2D eigenvalue weighted by Gasteiger charge is 2.14. The number of rotatable bonds is 4. The summed E-state index contributed by atoms with van der Waals surface area (Å²) in [6.45, 7) is 2.35. The molecule has 1 heterocycles. The molecule has 14 heavy (non-hydrogen) atoms. The van der Waals surface area contributed by atoms with Gasteiger partial charge in [0, 0.05) is 6.54 Å². The van der Waals surface area contributed by atoms with E-state index in [2.05, 4.69) is 5.32 Å². The van der Waals surface area contributed by atoms with Crippen molar-refractivity contribution in [1.29, 1.82) is 5.26 Å². The molecule has 1 aromatic rings. The molecule has 0 bridgehead atoms. The summed E-state index contributed by atoms with van der Waals surface area (Å²) in [5.41, 5.74) is 1.08. The molecule has 3 nitrogen and oxygen atoms in total. The molecule has 0 radical (unpaired) electrons. The van der Waals surface area contributed by atoms with E-state index in [0.29, 0.717) is 13.0 Å². The molecule has 1 atom stereocenters. The summed E-state index contributed by atoms with van der Waals surface area (Å²) in [6, 6.07) is 3.93. The van der Waals surface area contributed by atoms with Gasteiger partial charge in [-0.05, 0) is 28.8 Å². The summed E-state index contributed by atoms with van der Waals surface area (Å²) in [4.78, 5) is 11.4. The van der Waals surface area contributed by atoms with Gasteiger partial charge in [0.2, 0.25) is 5.91 Å². The predicted octanol–water partition coefficient (Wildman–Crippen LogP) is 1.91. The standard InChI is InChI=1S/C10H12N2OS/c1-2-9(5-11)10(13)12-6-8-3-4-14-7-8/h3-4,7,9H,2,6H2,1H3,(H,12,13). The van der Waals surface area contributed by atoms with E-state index in [1.165, 1.54) is 0 Å². The summed E-state index contributed by atoms with van der Waals surface area (Å²) in [5, 5.41) is 15.3. The Morgan fingerprint density at radius 1 is 1.79 bits per heavy atom. The van der Waals surface area contributed by atoms with Gasteiger partial charge in [0.1, 0.15) is 5.92 Å². The van der Waals surface area contributed by atoms with Crippen LogP contribution in [0.2, 0.25) is 0 Å². The Balaban J connectivity index is 2.39. The fourth-order valence-electron chi connectivity index (χ4n) is 1.04. The maximum atomic E-state index is 11.4. The van der Waals surface area contributed by atoms with Crippen LogP contribution in [0, 0.1) is 17.2 Å². The van der Waals surface area contributed by atoms with Gasteiger partial charge in [-0.2, -0.15) is 16.6 Å². The van der Waals surface area contributed by atoms with Gasteiger partial charge in [-0.25, -0.2) is 0 Å². The molecule has 74 valence electrons. The molecule has 1 amide bonds. The van der Waals surface area contributed by atoms with Crippen LogP contribution in [0.4, 0.5) is 0 Å². The van der Waals surface area contributed by atoms with Gasteiger partial charge >= 0.3 is 0 Å². The average molecular weight is 208 g/mol. The van der Waals surface area contributed by atoms with Crippen LogP contribution in [0.15, 0.2) is 16.8 Å². The van der Waals surface area contributed by atoms with Crippen molar-refractivity contribution >= 4 is 17.2 Å². The highest BCUT2D eigenvalue weighted by molar-refractivity contribution is 7.07. The number of nitriles is 1. The number of nitrogens with one attached hydrogen (secondary N) is 1. The molecule has 0 spiro atoms. The van der Waals surface area contributed by atoms with Crippen LogP contribution in [0.1, 0.15) is 18.9 Å². The molecule has 0 aliphatic carbocycles. The zero-order valence-corrected chi connectivity index (χ0v) is 8.80. The molecule has 0 saturated heterocycles. The number of hydrogen-bond acceptors (Lipinski definition) is 3. The van der Waals surface area contributed by atoms with E-state index < -0.39 is 5.92 Å². The van der Waals surface area contributed by atoms with E-state index in [0.717, 1.165) is 5.56 Å². The molecule has 0 saturated carbocycles. The number of thiophene rings is 1. The Kier molecular flexibility index (Phi) is 4.14. The van der Waals surface area contributed by atoms with Gasteiger partial charge < -0.3 is 5.32 Å². The highest BCUT2D eigenvalue weighted by atomic mass is 32.1. The summed E-state index contributed by atoms with van der Waals surface area (Å²) >= 11 is 1.59. The second kappa shape index (κ2) is 5.40. The first kappa shape index (κ1) is 10.7. The first-order chi connectivity index (χ1) is 6.77. The summed E-state index contributed by atoms with van der Waals surface area (Å²) < 4.78 is 0. The van der Waals surface area contributed by atoms with Crippen LogP contribution < -0.4 is 5.32 Å². The number of amides is 1. The van der Waals surface area contributed by atoms with Crippen LogP contribution in [0.5, 0.6) is 0 Å². The molecule has 0 fully saturated rings. The van der Waals surface area contributed by atoms with Crippen LogP contribution in [0.25, 0.3) is 0 Å². The first-order valence-electron chi connectivity index (χ1n) is 4.46. The number of nitrogens with zero attached hydrogens (tertiary/aromatic N) is 1. The van der Waals surface area contributed by atoms with Crippen LogP contribution >= 0.6 is 11.3 Å². The van der Waals surface area contributed by atoms with E-state index in [4.69, 9.17) is 5.26 Å². The van der Waals surface area contributed by atoms with Crippen molar-refractivity contribution in [1.82, 2.24) is 5.32 Å². The molecule has 1 rings (SSSR count). The van der Waals surface area contributed by atoms with Gasteiger partial charge in [0.25, 0.3) is 0 Å². The lowest BCUT2D eigenvalue weighted by molar-refractivity contribution is -0.123. The lowest BCUT2D eigenvalue weighted by Gasteiger charge is -2.06. The third-order valence-electron chi connectivity index (χ3n) is 1.93. The van der Waals surface area contributed by atoms with Gasteiger partial charge in [0.05, 0.1) is 6.07 Å². The Bertz CT molecular complexity index is 326. The average Bonchev–Trinajstić information content (AvgIpc) is 2.69. The van der Waals surface area contributed by atoms with Crippen LogP contribution in [-0.4, -0.2) is 5.91 Å². The monoisotopic (exact) mass is 208 g/mol. The maximum absolute atomic E-state index is 11.4. The largest absolute Gasteiger partial charge is 0.351 e. The maximum Gasteiger partial charge on any atom is 0.237 e. The predicted molar refractivity (Wildman–Crippen MR) is 55.6 cm³/mol. The van der Waals surface area contributed by atoms with Crippen molar-refractivity contribution in [2.45, 2.75) is 19.9 Å². The third-order valence-corrected chi connectivity index (χ3v) is 2.66. The smallest absolute Gasteiger partial charge is 0.237 e. The molecule has 1 N–H and O–H groups in total.